The van der Waals surface area contributed by atoms with Gasteiger partial charge in [-0.25, -0.2) is 9.78 Å². The van der Waals surface area contributed by atoms with Crippen molar-refractivity contribution in [2.45, 2.75) is 39.5 Å². The Bertz CT molecular complexity index is 846. The Hall–Kier alpha value is -2.82. The van der Waals surface area contributed by atoms with Crippen molar-refractivity contribution in [1.82, 2.24) is 14.9 Å². The number of aromatic nitrogens is 2. The third-order valence-electron chi connectivity index (χ3n) is 3.79. The molecule has 5 nitrogen and oxygen atoms in total. The van der Waals surface area contributed by atoms with E-state index in [-0.39, 0.29) is 6.09 Å². The number of nitrogens with one attached hydrogen (secondary N) is 1. The first-order chi connectivity index (χ1) is 11.9. The molecule has 1 heterocycles. The van der Waals surface area contributed by atoms with Gasteiger partial charge in [-0.15, -0.1) is 0 Å². The van der Waals surface area contributed by atoms with Gasteiger partial charge in [0.2, 0.25) is 0 Å². The molecule has 25 heavy (non-hydrogen) atoms. The van der Waals surface area contributed by atoms with Crippen LogP contribution in [0.15, 0.2) is 54.9 Å². The molecule has 1 N–H and O–H groups in total. The fraction of sp³-hybridized carbons (Fsp3) is 0.300. The van der Waals surface area contributed by atoms with Crippen molar-refractivity contribution in [3.8, 4) is 0 Å². The topological polar surface area (TPSA) is 58.2 Å². The smallest absolute Gasteiger partial charge is 0.410 e. The summed E-state index contributed by atoms with van der Waals surface area (Å²) in [6.07, 6.45) is 3.08. The summed E-state index contributed by atoms with van der Waals surface area (Å²) in [5, 5.41) is 2.29. The van der Waals surface area contributed by atoms with Crippen LogP contribution in [-0.2, 0) is 17.8 Å². The van der Waals surface area contributed by atoms with Gasteiger partial charge in [0.25, 0.3) is 0 Å². The molecule has 3 rings (SSSR count). The van der Waals surface area contributed by atoms with E-state index in [1.54, 1.807) is 17.3 Å². The van der Waals surface area contributed by atoms with E-state index in [2.05, 4.69) is 28.2 Å². The molecule has 0 atom stereocenters. The number of fused-ring (bicyclic) bond motifs is 1. The molecule has 0 fully saturated rings. The molecular formula is C20H23N3O2. The lowest BCUT2D eigenvalue weighted by atomic mass is 10.0. The fourth-order valence-electron chi connectivity index (χ4n) is 2.71. The molecule has 1 aromatic heterocycles. The number of nitrogens with zero attached hydrogens (tertiary/aromatic N) is 2. The molecule has 0 aliphatic heterocycles. The van der Waals surface area contributed by atoms with Crippen LogP contribution in [0.2, 0.25) is 0 Å². The van der Waals surface area contributed by atoms with Crippen LogP contribution in [0, 0.1) is 0 Å². The van der Waals surface area contributed by atoms with Crippen molar-refractivity contribution in [1.29, 1.82) is 0 Å². The Labute approximate surface area is 147 Å². The van der Waals surface area contributed by atoms with Crippen molar-refractivity contribution in [2.75, 3.05) is 0 Å². The van der Waals surface area contributed by atoms with Gasteiger partial charge in [-0.3, -0.25) is 4.90 Å². The van der Waals surface area contributed by atoms with Crippen LogP contribution in [0.3, 0.4) is 0 Å². The van der Waals surface area contributed by atoms with Gasteiger partial charge in [-0.2, -0.15) is 0 Å². The minimum absolute atomic E-state index is 0.350. The highest BCUT2D eigenvalue weighted by atomic mass is 16.6. The van der Waals surface area contributed by atoms with Crippen LogP contribution < -0.4 is 0 Å². The second kappa shape index (κ2) is 6.97. The SMILES string of the molecule is CC(C)(C)OC(=O)N(Cc1ncc[nH]1)Cc1cccc2ccccc12. The van der Waals surface area contributed by atoms with Crippen molar-refractivity contribution in [2.24, 2.45) is 0 Å². The molecule has 1 amide bonds. The van der Waals surface area contributed by atoms with Crippen LogP contribution in [0.4, 0.5) is 4.79 Å². The molecule has 0 saturated carbocycles. The number of aromatic amines is 1. The highest BCUT2D eigenvalue weighted by Crippen LogP contribution is 2.22. The summed E-state index contributed by atoms with van der Waals surface area (Å²) in [6, 6.07) is 14.3. The first kappa shape index (κ1) is 17.0. The summed E-state index contributed by atoms with van der Waals surface area (Å²) < 4.78 is 5.58. The summed E-state index contributed by atoms with van der Waals surface area (Å²) in [4.78, 5) is 21.6. The van der Waals surface area contributed by atoms with Crippen LogP contribution in [0.5, 0.6) is 0 Å². The standard InChI is InChI=1S/C20H23N3O2/c1-20(2,3)25-19(24)23(14-18-21-11-12-22-18)13-16-9-6-8-15-7-4-5-10-17(15)16/h4-12H,13-14H2,1-3H3,(H,21,22). The van der Waals surface area contributed by atoms with E-state index in [0.29, 0.717) is 13.1 Å². The minimum atomic E-state index is -0.544. The number of amides is 1. The van der Waals surface area contributed by atoms with E-state index >= 15 is 0 Å². The lowest BCUT2D eigenvalue weighted by Gasteiger charge is -2.27. The molecule has 3 aromatic rings. The molecule has 5 heteroatoms. The van der Waals surface area contributed by atoms with Crippen LogP contribution in [0.25, 0.3) is 10.8 Å². The zero-order valence-electron chi connectivity index (χ0n) is 14.8. The zero-order valence-corrected chi connectivity index (χ0v) is 14.8. The van der Waals surface area contributed by atoms with Crippen LogP contribution >= 0.6 is 0 Å². The molecule has 0 spiro atoms. The average Bonchev–Trinajstić information content (AvgIpc) is 3.06. The van der Waals surface area contributed by atoms with Gasteiger partial charge in [-0.1, -0.05) is 42.5 Å². The number of carbonyl (C=O) groups is 1. The van der Waals surface area contributed by atoms with Gasteiger partial charge in [0.1, 0.15) is 11.4 Å². The van der Waals surface area contributed by atoms with E-state index in [9.17, 15) is 4.79 Å². The number of imidazole rings is 1. The van der Waals surface area contributed by atoms with Gasteiger partial charge >= 0.3 is 6.09 Å². The first-order valence-corrected chi connectivity index (χ1v) is 8.35. The monoisotopic (exact) mass is 337 g/mol. The molecule has 130 valence electrons. The van der Waals surface area contributed by atoms with Crippen molar-refractivity contribution < 1.29 is 9.53 Å². The molecule has 0 aliphatic rings. The lowest BCUT2D eigenvalue weighted by Crippen LogP contribution is -2.36. The second-order valence-electron chi connectivity index (χ2n) is 7.01. The van der Waals surface area contributed by atoms with E-state index in [1.807, 2.05) is 45.0 Å². The maximum absolute atomic E-state index is 12.7. The molecular weight excluding hydrogens is 314 g/mol. The molecule has 0 unspecified atom stereocenters. The van der Waals surface area contributed by atoms with Crippen molar-refractivity contribution in [3.05, 3.63) is 66.2 Å². The van der Waals surface area contributed by atoms with Gasteiger partial charge in [0, 0.05) is 12.4 Å². The van der Waals surface area contributed by atoms with Crippen molar-refractivity contribution >= 4 is 16.9 Å². The summed E-state index contributed by atoms with van der Waals surface area (Å²) >= 11 is 0. The predicted octanol–water partition coefficient (Wildman–Crippen LogP) is 4.50. The average molecular weight is 337 g/mol. The highest BCUT2D eigenvalue weighted by molar-refractivity contribution is 5.86. The first-order valence-electron chi connectivity index (χ1n) is 8.35. The van der Waals surface area contributed by atoms with Crippen LogP contribution in [0.1, 0.15) is 32.2 Å². The molecule has 0 bridgehead atoms. The molecule has 2 aromatic carbocycles. The summed E-state index contributed by atoms with van der Waals surface area (Å²) in [6.45, 7) is 6.43. The maximum Gasteiger partial charge on any atom is 0.410 e. The maximum atomic E-state index is 12.7. The molecule has 0 saturated heterocycles. The zero-order chi connectivity index (χ0) is 17.9. The number of hydrogen-bond donors (Lipinski definition) is 1. The third-order valence-corrected chi connectivity index (χ3v) is 3.79. The summed E-state index contributed by atoms with van der Waals surface area (Å²) in [5.41, 5.74) is 0.535. The largest absolute Gasteiger partial charge is 0.444 e. The molecule has 0 radical (unpaired) electrons. The Kier molecular flexibility index (Phi) is 4.74. The third kappa shape index (κ3) is 4.38. The quantitative estimate of drug-likeness (QED) is 0.762. The number of hydrogen-bond acceptors (Lipinski definition) is 3. The second-order valence-corrected chi connectivity index (χ2v) is 7.01. The minimum Gasteiger partial charge on any atom is -0.444 e. The Balaban J connectivity index is 1.89. The summed E-state index contributed by atoms with van der Waals surface area (Å²) in [5.74, 6) is 0.728. The number of ether oxygens (including phenoxy) is 1. The van der Waals surface area contributed by atoms with E-state index < -0.39 is 5.60 Å². The van der Waals surface area contributed by atoms with E-state index in [4.69, 9.17) is 4.74 Å². The number of carbonyl (C=O) groups excluding carboxylic acids is 1. The summed E-state index contributed by atoms with van der Waals surface area (Å²) in [7, 11) is 0. The number of H-pyrrole nitrogens is 1. The van der Waals surface area contributed by atoms with Crippen LogP contribution in [-0.4, -0.2) is 26.6 Å². The Morgan fingerprint density at radius 3 is 2.60 bits per heavy atom. The number of benzene rings is 2. The van der Waals surface area contributed by atoms with Gasteiger partial charge in [0.15, 0.2) is 0 Å². The Morgan fingerprint density at radius 1 is 1.12 bits per heavy atom. The highest BCUT2D eigenvalue weighted by Gasteiger charge is 2.23. The van der Waals surface area contributed by atoms with Gasteiger partial charge < -0.3 is 9.72 Å². The number of rotatable bonds is 4. The van der Waals surface area contributed by atoms with E-state index in [0.717, 1.165) is 22.2 Å². The normalized spacial score (nSPS) is 11.5. The van der Waals surface area contributed by atoms with E-state index in [1.165, 1.54) is 0 Å². The van der Waals surface area contributed by atoms with Gasteiger partial charge in [0.05, 0.1) is 13.1 Å². The predicted molar refractivity (Wildman–Crippen MR) is 98.0 cm³/mol. The molecule has 0 aliphatic carbocycles. The fourth-order valence-corrected chi connectivity index (χ4v) is 2.71. The Morgan fingerprint density at radius 2 is 1.88 bits per heavy atom. The lowest BCUT2D eigenvalue weighted by molar-refractivity contribution is 0.0212. The van der Waals surface area contributed by atoms with Gasteiger partial charge in [-0.05, 0) is 37.1 Å². The van der Waals surface area contributed by atoms with Crippen molar-refractivity contribution in [3.63, 3.8) is 0 Å².